The average Bonchev–Trinajstić information content (AvgIpc) is 3.50. The highest BCUT2D eigenvalue weighted by Crippen LogP contribution is 2.23. The van der Waals surface area contributed by atoms with E-state index in [1.165, 1.54) is 50.1 Å². The molecule has 1 atom stereocenters. The molecule has 6 nitrogen and oxygen atoms in total. The molecule has 3 aromatic rings. The van der Waals surface area contributed by atoms with Crippen LogP contribution in [0.25, 0.3) is 10.9 Å². The molecule has 5 rings (SSSR count). The fraction of sp³-hybridized carbons (Fsp3) is 0.500. The van der Waals surface area contributed by atoms with E-state index in [4.69, 9.17) is 0 Å². The maximum Gasteiger partial charge on any atom is 0.262 e. The molecule has 0 saturated carbocycles. The number of hydrogen-bond acceptors (Lipinski definition) is 4. The molecule has 2 N–H and O–H groups in total. The van der Waals surface area contributed by atoms with Crippen molar-refractivity contribution < 1.29 is 9.59 Å². The molecule has 0 spiro atoms. The van der Waals surface area contributed by atoms with Crippen molar-refractivity contribution in [1.82, 2.24) is 20.1 Å². The van der Waals surface area contributed by atoms with Crippen LogP contribution in [0.4, 0.5) is 0 Å². The minimum Gasteiger partial charge on any atom is -0.361 e. The highest BCUT2D eigenvalue weighted by atomic mass is 32.1. The van der Waals surface area contributed by atoms with Crippen LogP contribution in [0.5, 0.6) is 0 Å². The number of benzene rings is 1. The normalized spacial score (nSPS) is 18.9. The standard InChI is InChI=1S/C28H36N4O2S/c33-27(26-10-7-17-35-26)30-25(18-22-19-29-24-9-4-3-8-23(22)24)28(34)32-15-11-21(12-16-32)20-31-13-5-1-2-6-14-31/h3-4,7-10,17,19,21,25,29H,1-2,5-6,11-16,18,20H2,(H,30,33). The van der Waals surface area contributed by atoms with Crippen molar-refractivity contribution in [2.75, 3.05) is 32.7 Å². The molecule has 0 aliphatic carbocycles. The van der Waals surface area contributed by atoms with Gasteiger partial charge in [-0.25, -0.2) is 0 Å². The van der Waals surface area contributed by atoms with E-state index in [1.54, 1.807) is 0 Å². The summed E-state index contributed by atoms with van der Waals surface area (Å²) in [6.07, 6.45) is 9.88. The number of fused-ring (bicyclic) bond motifs is 1. The van der Waals surface area contributed by atoms with Crippen LogP contribution in [0.15, 0.2) is 48.0 Å². The van der Waals surface area contributed by atoms with E-state index in [1.807, 2.05) is 46.8 Å². The number of rotatable bonds is 7. The molecule has 2 fully saturated rings. The van der Waals surface area contributed by atoms with Gasteiger partial charge in [0.2, 0.25) is 5.91 Å². The van der Waals surface area contributed by atoms with Crippen molar-refractivity contribution in [3.63, 3.8) is 0 Å². The molecule has 0 radical (unpaired) electrons. The topological polar surface area (TPSA) is 68.4 Å². The molecule has 2 amide bonds. The quantitative estimate of drug-likeness (QED) is 0.503. The van der Waals surface area contributed by atoms with Crippen LogP contribution in [0.2, 0.25) is 0 Å². The van der Waals surface area contributed by atoms with Crippen LogP contribution in [0.3, 0.4) is 0 Å². The van der Waals surface area contributed by atoms with Crippen molar-refractivity contribution in [3.8, 4) is 0 Å². The van der Waals surface area contributed by atoms with Crippen molar-refractivity contribution in [3.05, 3.63) is 58.4 Å². The zero-order valence-electron chi connectivity index (χ0n) is 20.4. The van der Waals surface area contributed by atoms with E-state index >= 15 is 0 Å². The summed E-state index contributed by atoms with van der Waals surface area (Å²) in [5.74, 6) is 0.521. The van der Waals surface area contributed by atoms with Crippen molar-refractivity contribution >= 4 is 34.1 Å². The SMILES string of the molecule is O=C(NC(Cc1c[nH]c2ccccc12)C(=O)N1CCC(CN2CCCCCC2)CC1)c1cccs1. The number of para-hydroxylation sites is 1. The summed E-state index contributed by atoms with van der Waals surface area (Å²) in [6, 6.07) is 11.2. The van der Waals surface area contributed by atoms with Crippen LogP contribution in [0.1, 0.15) is 53.8 Å². The van der Waals surface area contributed by atoms with E-state index in [0.717, 1.165) is 48.9 Å². The van der Waals surface area contributed by atoms with E-state index in [0.29, 0.717) is 17.2 Å². The van der Waals surface area contributed by atoms with Gasteiger partial charge in [0.25, 0.3) is 5.91 Å². The van der Waals surface area contributed by atoms with Gasteiger partial charge in [-0.1, -0.05) is 37.1 Å². The third-order valence-electron chi connectivity index (χ3n) is 7.59. The highest BCUT2D eigenvalue weighted by Gasteiger charge is 2.31. The number of H-pyrrole nitrogens is 1. The molecule has 35 heavy (non-hydrogen) atoms. The first kappa shape index (κ1) is 24.1. The predicted octanol–water partition coefficient (Wildman–Crippen LogP) is 4.69. The number of carbonyl (C=O) groups is 2. The Morgan fingerprint density at radius 3 is 2.51 bits per heavy atom. The minimum atomic E-state index is -0.578. The van der Waals surface area contributed by atoms with Crippen LogP contribution < -0.4 is 5.32 Å². The van der Waals surface area contributed by atoms with Crippen LogP contribution in [-0.4, -0.2) is 65.4 Å². The summed E-state index contributed by atoms with van der Waals surface area (Å²) < 4.78 is 0. The number of likely N-dealkylation sites (tertiary alicyclic amines) is 2. The second-order valence-electron chi connectivity index (χ2n) is 10.1. The van der Waals surface area contributed by atoms with Gasteiger partial charge in [0.1, 0.15) is 6.04 Å². The molecule has 2 saturated heterocycles. The number of carbonyl (C=O) groups excluding carboxylic acids is 2. The number of nitrogens with zero attached hydrogens (tertiary/aromatic N) is 2. The smallest absolute Gasteiger partial charge is 0.262 e. The second kappa shape index (κ2) is 11.4. The third-order valence-corrected chi connectivity index (χ3v) is 8.46. The van der Waals surface area contributed by atoms with Gasteiger partial charge in [-0.3, -0.25) is 9.59 Å². The molecule has 1 unspecified atom stereocenters. The first-order valence-corrected chi connectivity index (χ1v) is 14.0. The summed E-state index contributed by atoms with van der Waals surface area (Å²) in [4.78, 5) is 35.2. The lowest BCUT2D eigenvalue weighted by Gasteiger charge is -2.36. The highest BCUT2D eigenvalue weighted by molar-refractivity contribution is 7.12. The summed E-state index contributed by atoms with van der Waals surface area (Å²) in [6.45, 7) is 5.16. The average molecular weight is 493 g/mol. The van der Waals surface area contributed by atoms with Gasteiger partial charge in [-0.05, 0) is 67.8 Å². The van der Waals surface area contributed by atoms with Crippen molar-refractivity contribution in [2.24, 2.45) is 5.92 Å². The number of hydrogen-bond donors (Lipinski definition) is 2. The first-order chi connectivity index (χ1) is 17.2. The van der Waals surface area contributed by atoms with Gasteiger partial charge in [0.15, 0.2) is 0 Å². The Morgan fingerprint density at radius 1 is 1.00 bits per heavy atom. The van der Waals surface area contributed by atoms with Gasteiger partial charge in [-0.2, -0.15) is 0 Å². The van der Waals surface area contributed by atoms with Crippen molar-refractivity contribution in [2.45, 2.75) is 51.0 Å². The summed E-state index contributed by atoms with van der Waals surface area (Å²) in [5, 5.41) is 6.05. The molecule has 1 aromatic carbocycles. The molecular formula is C28H36N4O2S. The number of aromatic nitrogens is 1. The monoisotopic (exact) mass is 492 g/mol. The van der Waals surface area contributed by atoms with E-state index in [-0.39, 0.29) is 11.8 Å². The first-order valence-electron chi connectivity index (χ1n) is 13.1. The Labute approximate surface area is 211 Å². The molecule has 2 aliphatic heterocycles. The number of aromatic amines is 1. The Kier molecular flexibility index (Phi) is 7.84. The Balaban J connectivity index is 1.25. The number of amides is 2. The van der Waals surface area contributed by atoms with Crippen molar-refractivity contribution in [1.29, 1.82) is 0 Å². The van der Waals surface area contributed by atoms with Gasteiger partial charge in [0.05, 0.1) is 4.88 Å². The maximum atomic E-state index is 13.7. The van der Waals surface area contributed by atoms with E-state index < -0.39 is 6.04 Å². The largest absolute Gasteiger partial charge is 0.361 e. The maximum absolute atomic E-state index is 13.7. The number of piperidine rings is 1. The van der Waals surface area contributed by atoms with Gasteiger partial charge in [-0.15, -0.1) is 11.3 Å². The molecular weight excluding hydrogens is 456 g/mol. The Morgan fingerprint density at radius 2 is 1.77 bits per heavy atom. The van der Waals surface area contributed by atoms with Crippen LogP contribution in [0, 0.1) is 5.92 Å². The predicted molar refractivity (Wildman–Crippen MR) is 142 cm³/mol. The molecule has 2 aromatic heterocycles. The van der Waals surface area contributed by atoms with Gasteiger partial charge < -0.3 is 20.1 Å². The lowest BCUT2D eigenvalue weighted by Crippen LogP contribution is -2.52. The fourth-order valence-corrected chi connectivity index (χ4v) is 6.22. The van der Waals surface area contributed by atoms with Gasteiger partial charge in [0, 0.05) is 43.2 Å². The summed E-state index contributed by atoms with van der Waals surface area (Å²) in [5.41, 5.74) is 2.11. The lowest BCUT2D eigenvalue weighted by atomic mass is 9.95. The Bertz CT molecular complexity index is 1110. The lowest BCUT2D eigenvalue weighted by molar-refractivity contribution is -0.134. The fourth-order valence-electron chi connectivity index (χ4n) is 5.60. The minimum absolute atomic E-state index is 0.0356. The zero-order chi connectivity index (χ0) is 24.0. The molecule has 0 bridgehead atoms. The summed E-state index contributed by atoms with van der Waals surface area (Å²) in [7, 11) is 0. The Hall–Kier alpha value is -2.64. The molecule has 2 aliphatic rings. The van der Waals surface area contributed by atoms with Crippen LogP contribution in [-0.2, 0) is 11.2 Å². The second-order valence-corrected chi connectivity index (χ2v) is 11.0. The third kappa shape index (κ3) is 5.96. The van der Waals surface area contributed by atoms with Crippen LogP contribution >= 0.6 is 11.3 Å². The zero-order valence-corrected chi connectivity index (χ0v) is 21.2. The molecule has 4 heterocycles. The van der Waals surface area contributed by atoms with E-state index in [9.17, 15) is 9.59 Å². The molecule has 186 valence electrons. The molecule has 7 heteroatoms. The number of nitrogens with one attached hydrogen (secondary N) is 2. The number of thiophene rings is 1. The van der Waals surface area contributed by atoms with Gasteiger partial charge >= 0.3 is 0 Å². The van der Waals surface area contributed by atoms with E-state index in [2.05, 4.69) is 21.3 Å². The summed E-state index contributed by atoms with van der Waals surface area (Å²) >= 11 is 1.40.